The van der Waals surface area contributed by atoms with E-state index >= 15 is 0 Å². The summed E-state index contributed by atoms with van der Waals surface area (Å²) in [6.07, 6.45) is 0. The fourth-order valence-corrected chi connectivity index (χ4v) is 2.89. The van der Waals surface area contributed by atoms with E-state index in [9.17, 15) is 0 Å². The van der Waals surface area contributed by atoms with E-state index in [0.29, 0.717) is 5.28 Å². The van der Waals surface area contributed by atoms with Gasteiger partial charge in [0.2, 0.25) is 5.28 Å². The van der Waals surface area contributed by atoms with Gasteiger partial charge < -0.3 is 0 Å². The van der Waals surface area contributed by atoms with E-state index in [1.807, 2.05) is 11.4 Å². The van der Waals surface area contributed by atoms with Gasteiger partial charge in [-0.2, -0.15) is 0 Å². The average Bonchev–Trinajstić information content (AvgIpc) is 2.52. The molecular formula is C8H7ClN2S2. The van der Waals surface area contributed by atoms with Gasteiger partial charge in [0.25, 0.3) is 0 Å². The first-order valence-corrected chi connectivity index (χ1v) is 6.09. The van der Waals surface area contributed by atoms with Crippen molar-refractivity contribution in [3.63, 3.8) is 0 Å². The Balaban J connectivity index is 2.63. The summed E-state index contributed by atoms with van der Waals surface area (Å²) in [6, 6.07) is 2.04. The van der Waals surface area contributed by atoms with E-state index in [-0.39, 0.29) is 0 Å². The lowest BCUT2D eigenvalue weighted by atomic mass is 10.4. The summed E-state index contributed by atoms with van der Waals surface area (Å²) in [6.45, 7) is 2.10. The van der Waals surface area contributed by atoms with Crippen LogP contribution in [0, 0.1) is 0 Å². The van der Waals surface area contributed by atoms with Gasteiger partial charge >= 0.3 is 0 Å². The van der Waals surface area contributed by atoms with E-state index in [0.717, 1.165) is 21.0 Å². The molecule has 2 nitrogen and oxygen atoms in total. The number of hydrogen-bond donors (Lipinski definition) is 0. The molecule has 2 rings (SSSR count). The highest BCUT2D eigenvalue weighted by molar-refractivity contribution is 7.99. The zero-order chi connectivity index (χ0) is 9.26. The lowest BCUT2D eigenvalue weighted by Gasteiger charge is -1.99. The lowest BCUT2D eigenvalue weighted by Crippen LogP contribution is -1.86. The largest absolute Gasteiger partial charge is 0.224 e. The maximum Gasteiger partial charge on any atom is 0.224 e. The van der Waals surface area contributed by atoms with Crippen LogP contribution in [0.1, 0.15) is 6.92 Å². The number of thiophene rings is 1. The molecule has 0 radical (unpaired) electrons. The van der Waals surface area contributed by atoms with Crippen molar-refractivity contribution in [2.75, 3.05) is 5.75 Å². The van der Waals surface area contributed by atoms with Crippen molar-refractivity contribution in [1.82, 2.24) is 9.97 Å². The number of nitrogens with zero attached hydrogens (tertiary/aromatic N) is 2. The molecule has 2 aromatic heterocycles. The number of thioether (sulfide) groups is 1. The fourth-order valence-electron chi connectivity index (χ4n) is 1.05. The Morgan fingerprint density at radius 2 is 2.38 bits per heavy atom. The molecule has 0 spiro atoms. The van der Waals surface area contributed by atoms with Crippen LogP contribution in [0.25, 0.3) is 10.2 Å². The minimum atomic E-state index is 0.339. The number of aromatic nitrogens is 2. The zero-order valence-corrected chi connectivity index (χ0v) is 9.34. The van der Waals surface area contributed by atoms with Crippen LogP contribution in [0.15, 0.2) is 16.5 Å². The first-order valence-electron chi connectivity index (χ1n) is 3.85. The van der Waals surface area contributed by atoms with Gasteiger partial charge in [-0.15, -0.1) is 23.1 Å². The van der Waals surface area contributed by atoms with Crippen molar-refractivity contribution in [1.29, 1.82) is 0 Å². The molecular weight excluding hydrogens is 224 g/mol. The molecule has 68 valence electrons. The van der Waals surface area contributed by atoms with E-state index in [2.05, 4.69) is 16.9 Å². The molecule has 0 bridgehead atoms. The molecule has 2 heterocycles. The van der Waals surface area contributed by atoms with Gasteiger partial charge in [0.1, 0.15) is 9.86 Å². The maximum absolute atomic E-state index is 5.79. The summed E-state index contributed by atoms with van der Waals surface area (Å²) in [7, 11) is 0. The van der Waals surface area contributed by atoms with Crippen LogP contribution >= 0.6 is 34.7 Å². The van der Waals surface area contributed by atoms with Gasteiger partial charge in [-0.25, -0.2) is 9.97 Å². The van der Waals surface area contributed by atoms with E-state index in [1.165, 1.54) is 0 Å². The van der Waals surface area contributed by atoms with Crippen molar-refractivity contribution >= 4 is 44.9 Å². The first kappa shape index (κ1) is 9.24. The SMILES string of the molecule is CCSc1nc(Cl)nc2sccc12. The molecule has 0 amide bonds. The van der Waals surface area contributed by atoms with Crippen molar-refractivity contribution in [2.24, 2.45) is 0 Å². The summed E-state index contributed by atoms with van der Waals surface area (Å²) in [5.41, 5.74) is 0. The molecule has 0 atom stereocenters. The Kier molecular flexibility index (Phi) is 2.71. The number of hydrogen-bond acceptors (Lipinski definition) is 4. The van der Waals surface area contributed by atoms with Crippen molar-refractivity contribution < 1.29 is 0 Å². The third kappa shape index (κ3) is 1.80. The lowest BCUT2D eigenvalue weighted by molar-refractivity contribution is 1.11. The second-order valence-electron chi connectivity index (χ2n) is 2.37. The summed E-state index contributed by atoms with van der Waals surface area (Å²) in [4.78, 5) is 9.29. The van der Waals surface area contributed by atoms with E-state index in [1.54, 1.807) is 23.1 Å². The highest BCUT2D eigenvalue weighted by Crippen LogP contribution is 2.29. The van der Waals surface area contributed by atoms with Crippen LogP contribution in [0.5, 0.6) is 0 Å². The van der Waals surface area contributed by atoms with Crippen LogP contribution in [-0.2, 0) is 0 Å². The highest BCUT2D eigenvalue weighted by atomic mass is 35.5. The molecule has 0 aliphatic carbocycles. The van der Waals surface area contributed by atoms with Gasteiger partial charge in [-0.3, -0.25) is 0 Å². The number of fused-ring (bicyclic) bond motifs is 1. The van der Waals surface area contributed by atoms with Gasteiger partial charge in [-0.05, 0) is 28.8 Å². The van der Waals surface area contributed by atoms with Gasteiger partial charge in [0, 0.05) is 5.39 Å². The van der Waals surface area contributed by atoms with Gasteiger partial charge in [0.15, 0.2) is 0 Å². The molecule has 0 N–H and O–H groups in total. The van der Waals surface area contributed by atoms with Crippen LogP contribution in [0.3, 0.4) is 0 Å². The molecule has 0 fully saturated rings. The third-order valence-corrected chi connectivity index (χ3v) is 3.39. The summed E-state index contributed by atoms with van der Waals surface area (Å²) >= 11 is 9.07. The molecule has 0 aliphatic heterocycles. The molecule has 0 aliphatic rings. The van der Waals surface area contributed by atoms with Gasteiger partial charge in [-0.1, -0.05) is 6.92 Å². The Morgan fingerprint density at radius 1 is 1.54 bits per heavy atom. The molecule has 13 heavy (non-hydrogen) atoms. The highest BCUT2D eigenvalue weighted by Gasteiger charge is 2.06. The second kappa shape index (κ2) is 3.82. The standard InChI is InChI=1S/C8H7ClN2S2/c1-2-12-6-5-3-4-13-7(5)11-8(9)10-6/h3-4H,2H2,1H3. The van der Waals surface area contributed by atoms with Crippen molar-refractivity contribution in [3.05, 3.63) is 16.7 Å². The molecule has 5 heteroatoms. The molecule has 0 aromatic carbocycles. The topological polar surface area (TPSA) is 25.8 Å². The number of halogens is 1. The smallest absolute Gasteiger partial charge is 0.211 e. The van der Waals surface area contributed by atoms with Crippen molar-refractivity contribution in [2.45, 2.75) is 11.9 Å². The summed E-state index contributed by atoms with van der Waals surface area (Å²) in [5.74, 6) is 0.998. The Labute approximate surface area is 89.3 Å². The van der Waals surface area contributed by atoms with Crippen LogP contribution in [-0.4, -0.2) is 15.7 Å². The average molecular weight is 231 g/mol. The predicted octanol–water partition coefficient (Wildman–Crippen LogP) is 3.46. The normalized spacial score (nSPS) is 10.9. The quantitative estimate of drug-likeness (QED) is 0.449. The monoisotopic (exact) mass is 230 g/mol. The van der Waals surface area contributed by atoms with Crippen LogP contribution in [0.2, 0.25) is 5.28 Å². The van der Waals surface area contributed by atoms with Gasteiger partial charge in [0.05, 0.1) is 0 Å². The predicted molar refractivity (Wildman–Crippen MR) is 58.8 cm³/mol. The van der Waals surface area contributed by atoms with Crippen molar-refractivity contribution in [3.8, 4) is 0 Å². The van der Waals surface area contributed by atoms with Crippen LogP contribution in [0.4, 0.5) is 0 Å². The molecule has 0 saturated heterocycles. The molecule has 2 aromatic rings. The van der Waals surface area contributed by atoms with E-state index in [4.69, 9.17) is 11.6 Å². The summed E-state index contributed by atoms with van der Waals surface area (Å²) in [5, 5.41) is 4.45. The maximum atomic E-state index is 5.79. The van der Waals surface area contributed by atoms with E-state index < -0.39 is 0 Å². The first-order chi connectivity index (χ1) is 6.31. The minimum Gasteiger partial charge on any atom is -0.211 e. The Morgan fingerprint density at radius 3 is 3.15 bits per heavy atom. The molecule has 0 unspecified atom stereocenters. The Bertz CT molecular complexity index is 427. The van der Waals surface area contributed by atoms with Crippen LogP contribution < -0.4 is 0 Å². The minimum absolute atomic E-state index is 0.339. The Hall–Kier alpha value is -0.320. The summed E-state index contributed by atoms with van der Waals surface area (Å²) < 4.78 is 0. The second-order valence-corrected chi connectivity index (χ2v) is 4.86. The fraction of sp³-hybridized carbons (Fsp3) is 0.250. The zero-order valence-electron chi connectivity index (χ0n) is 6.95. The number of rotatable bonds is 2. The molecule has 0 saturated carbocycles. The third-order valence-electron chi connectivity index (χ3n) is 1.54.